The molecule has 7 heteroatoms. The summed E-state index contributed by atoms with van der Waals surface area (Å²) in [7, 11) is 1.66. The first-order valence-corrected chi connectivity index (χ1v) is 12.1. The number of hydrogen-bond donors (Lipinski definition) is 0. The molecule has 3 aromatic rings. The molecule has 0 spiro atoms. The van der Waals surface area contributed by atoms with Crippen molar-refractivity contribution < 1.29 is 14.1 Å². The van der Waals surface area contributed by atoms with Crippen LogP contribution in [-0.4, -0.2) is 60.8 Å². The van der Waals surface area contributed by atoms with Crippen LogP contribution in [-0.2, 0) is 22.5 Å². The quantitative estimate of drug-likeness (QED) is 0.488. The molecular formula is C25H29N3O3S. The molecule has 1 amide bonds. The number of anilines is 1. The van der Waals surface area contributed by atoms with Crippen molar-refractivity contribution in [2.24, 2.45) is 0 Å². The summed E-state index contributed by atoms with van der Waals surface area (Å²) >= 11 is 1.95. The van der Waals surface area contributed by atoms with E-state index in [0.29, 0.717) is 26.1 Å². The Hall–Kier alpha value is -2.77. The molecule has 2 aromatic carbocycles. The molecule has 0 radical (unpaired) electrons. The Morgan fingerprint density at radius 2 is 1.78 bits per heavy atom. The summed E-state index contributed by atoms with van der Waals surface area (Å²) < 4.78 is 11.2. The van der Waals surface area contributed by atoms with Crippen LogP contribution >= 0.6 is 11.8 Å². The van der Waals surface area contributed by atoms with Crippen molar-refractivity contribution in [3.05, 3.63) is 71.8 Å². The number of thioether (sulfide) groups is 1. The SMILES string of the molecule is COCCN(Cc1c(-c2ccccc2)noc1N1CCSCC1)C(=O)Cc1ccccc1. The van der Waals surface area contributed by atoms with Crippen molar-refractivity contribution in [2.45, 2.75) is 13.0 Å². The summed E-state index contributed by atoms with van der Waals surface area (Å²) in [5.41, 5.74) is 3.75. The maximum atomic E-state index is 13.3. The molecule has 1 fully saturated rings. The van der Waals surface area contributed by atoms with Crippen LogP contribution in [0.1, 0.15) is 11.1 Å². The fourth-order valence-electron chi connectivity index (χ4n) is 3.85. The van der Waals surface area contributed by atoms with E-state index in [1.54, 1.807) is 7.11 Å². The number of carbonyl (C=O) groups excluding carboxylic acids is 1. The number of aromatic nitrogens is 1. The van der Waals surface area contributed by atoms with Crippen molar-refractivity contribution in [1.82, 2.24) is 10.1 Å². The molecule has 0 N–H and O–H groups in total. The Morgan fingerprint density at radius 3 is 2.47 bits per heavy atom. The molecule has 1 aromatic heterocycles. The van der Waals surface area contributed by atoms with Gasteiger partial charge in [-0.3, -0.25) is 4.79 Å². The minimum Gasteiger partial charge on any atom is -0.383 e. The van der Waals surface area contributed by atoms with Crippen LogP contribution in [0.5, 0.6) is 0 Å². The van der Waals surface area contributed by atoms with Gasteiger partial charge in [-0.1, -0.05) is 65.8 Å². The van der Waals surface area contributed by atoms with Crippen molar-refractivity contribution in [3.63, 3.8) is 0 Å². The lowest BCUT2D eigenvalue weighted by Gasteiger charge is -2.28. The minimum absolute atomic E-state index is 0.0635. The zero-order valence-electron chi connectivity index (χ0n) is 18.4. The number of nitrogens with zero attached hydrogens (tertiary/aromatic N) is 3. The molecule has 168 valence electrons. The third kappa shape index (κ3) is 5.53. The number of methoxy groups -OCH3 is 1. The third-order valence-corrected chi connectivity index (χ3v) is 6.52. The lowest BCUT2D eigenvalue weighted by molar-refractivity contribution is -0.131. The fraction of sp³-hybridized carbons (Fsp3) is 0.360. The first-order chi connectivity index (χ1) is 15.8. The van der Waals surface area contributed by atoms with Gasteiger partial charge >= 0.3 is 0 Å². The third-order valence-electron chi connectivity index (χ3n) is 5.58. The smallest absolute Gasteiger partial charge is 0.232 e. The highest BCUT2D eigenvalue weighted by atomic mass is 32.2. The summed E-state index contributed by atoms with van der Waals surface area (Å²) in [6, 6.07) is 19.9. The van der Waals surface area contributed by atoms with Crippen molar-refractivity contribution in [3.8, 4) is 11.3 Å². The minimum atomic E-state index is 0.0635. The fourth-order valence-corrected chi connectivity index (χ4v) is 4.75. The highest BCUT2D eigenvalue weighted by molar-refractivity contribution is 7.99. The second-order valence-electron chi connectivity index (χ2n) is 7.75. The monoisotopic (exact) mass is 451 g/mol. The number of rotatable bonds is 9. The molecule has 0 saturated carbocycles. The zero-order chi connectivity index (χ0) is 22.2. The van der Waals surface area contributed by atoms with E-state index in [4.69, 9.17) is 9.26 Å². The molecule has 0 unspecified atom stereocenters. The average Bonchev–Trinajstić information content (AvgIpc) is 3.27. The van der Waals surface area contributed by atoms with E-state index in [2.05, 4.69) is 10.1 Å². The molecule has 6 nitrogen and oxygen atoms in total. The largest absolute Gasteiger partial charge is 0.383 e. The molecule has 32 heavy (non-hydrogen) atoms. The van der Waals surface area contributed by atoms with E-state index >= 15 is 0 Å². The predicted octanol–water partition coefficient (Wildman–Crippen LogP) is 4.11. The van der Waals surface area contributed by atoms with E-state index in [0.717, 1.165) is 52.9 Å². The van der Waals surface area contributed by atoms with Crippen molar-refractivity contribution in [2.75, 3.05) is 49.8 Å². The van der Waals surface area contributed by atoms with Gasteiger partial charge in [0.1, 0.15) is 5.69 Å². The molecule has 0 atom stereocenters. The van der Waals surface area contributed by atoms with Crippen LogP contribution in [0.2, 0.25) is 0 Å². The number of amides is 1. The van der Waals surface area contributed by atoms with Gasteiger partial charge in [0.05, 0.1) is 25.1 Å². The van der Waals surface area contributed by atoms with Gasteiger partial charge in [-0.05, 0) is 5.56 Å². The summed E-state index contributed by atoms with van der Waals surface area (Å²) in [5.74, 6) is 2.95. The first kappa shape index (κ1) is 22.4. The molecule has 1 aliphatic heterocycles. The summed E-state index contributed by atoms with van der Waals surface area (Å²) in [4.78, 5) is 17.4. The molecule has 1 aliphatic rings. The average molecular weight is 452 g/mol. The maximum Gasteiger partial charge on any atom is 0.232 e. The predicted molar refractivity (Wildman–Crippen MR) is 129 cm³/mol. The van der Waals surface area contributed by atoms with Gasteiger partial charge in [0.2, 0.25) is 11.8 Å². The van der Waals surface area contributed by atoms with Gasteiger partial charge in [-0.2, -0.15) is 11.8 Å². The first-order valence-electron chi connectivity index (χ1n) is 10.9. The standard InChI is InChI=1S/C25H29N3O3S/c1-30-15-12-28(23(29)18-20-8-4-2-5-9-20)19-22-24(21-10-6-3-7-11-21)26-31-25(22)27-13-16-32-17-14-27/h2-11H,12-19H2,1H3. The lowest BCUT2D eigenvalue weighted by atomic mass is 10.1. The van der Waals surface area contributed by atoms with Gasteiger partial charge < -0.3 is 19.1 Å². The molecule has 0 bridgehead atoms. The maximum absolute atomic E-state index is 13.3. The molecule has 2 heterocycles. The topological polar surface area (TPSA) is 58.8 Å². The van der Waals surface area contributed by atoms with Crippen LogP contribution in [0.3, 0.4) is 0 Å². The molecule has 1 saturated heterocycles. The van der Waals surface area contributed by atoms with Gasteiger partial charge in [0, 0.05) is 43.8 Å². The Kier molecular flexibility index (Phi) is 7.85. The Balaban J connectivity index is 1.64. The van der Waals surface area contributed by atoms with E-state index in [1.165, 1.54) is 0 Å². The van der Waals surface area contributed by atoms with Crippen molar-refractivity contribution >= 4 is 23.6 Å². The van der Waals surface area contributed by atoms with E-state index in [9.17, 15) is 4.79 Å². The highest BCUT2D eigenvalue weighted by Gasteiger charge is 2.27. The van der Waals surface area contributed by atoms with Gasteiger partial charge in [0.15, 0.2) is 0 Å². The van der Waals surface area contributed by atoms with Gasteiger partial charge in [0.25, 0.3) is 0 Å². The number of hydrogen-bond acceptors (Lipinski definition) is 6. The van der Waals surface area contributed by atoms with Gasteiger partial charge in [-0.25, -0.2) is 0 Å². The lowest BCUT2D eigenvalue weighted by Crippen LogP contribution is -2.36. The molecule has 0 aliphatic carbocycles. The summed E-state index contributed by atoms with van der Waals surface area (Å²) in [6.07, 6.45) is 0.353. The zero-order valence-corrected chi connectivity index (χ0v) is 19.2. The summed E-state index contributed by atoms with van der Waals surface area (Å²) in [6.45, 7) is 3.25. The van der Waals surface area contributed by atoms with Crippen LogP contribution in [0.4, 0.5) is 5.88 Å². The van der Waals surface area contributed by atoms with Crippen LogP contribution in [0, 0.1) is 0 Å². The van der Waals surface area contributed by atoms with Crippen molar-refractivity contribution in [1.29, 1.82) is 0 Å². The Morgan fingerprint density at radius 1 is 1.09 bits per heavy atom. The Bertz CT molecular complexity index is 988. The Labute approximate surface area is 193 Å². The van der Waals surface area contributed by atoms with E-state index in [1.807, 2.05) is 77.3 Å². The number of ether oxygens (including phenoxy) is 1. The number of carbonyl (C=O) groups is 1. The van der Waals surface area contributed by atoms with E-state index < -0.39 is 0 Å². The second-order valence-corrected chi connectivity index (χ2v) is 8.98. The second kappa shape index (κ2) is 11.2. The number of benzene rings is 2. The van der Waals surface area contributed by atoms with E-state index in [-0.39, 0.29) is 5.91 Å². The molecule has 4 rings (SSSR count). The molecular weight excluding hydrogens is 422 g/mol. The van der Waals surface area contributed by atoms with Crippen LogP contribution < -0.4 is 4.90 Å². The highest BCUT2D eigenvalue weighted by Crippen LogP contribution is 2.33. The van der Waals surface area contributed by atoms with Gasteiger partial charge in [-0.15, -0.1) is 0 Å². The van der Waals surface area contributed by atoms with Crippen LogP contribution in [0.25, 0.3) is 11.3 Å². The summed E-state index contributed by atoms with van der Waals surface area (Å²) in [5, 5.41) is 4.45. The normalized spacial score (nSPS) is 13.8. The van der Waals surface area contributed by atoms with Crippen LogP contribution in [0.15, 0.2) is 65.2 Å².